The summed E-state index contributed by atoms with van der Waals surface area (Å²) in [4.78, 5) is 18.2. The molecule has 0 spiro atoms. The molecule has 106 valence electrons. The lowest BCUT2D eigenvalue weighted by Crippen LogP contribution is -1.98. The van der Waals surface area contributed by atoms with E-state index < -0.39 is 7.60 Å². The Morgan fingerprint density at radius 2 is 1.60 bits per heavy atom. The normalized spacial score (nSPS) is 11.4. The molecule has 3 N–H and O–H groups in total. The Bertz CT molecular complexity index is 652. The van der Waals surface area contributed by atoms with Gasteiger partial charge in [0.25, 0.3) is 0 Å². The van der Waals surface area contributed by atoms with Crippen molar-refractivity contribution in [1.82, 2.24) is 0 Å². The molecular formula is C13H12Cl2NO3P. The first-order valence-electron chi connectivity index (χ1n) is 5.70. The molecule has 0 fully saturated rings. The van der Waals surface area contributed by atoms with E-state index in [9.17, 15) is 4.57 Å². The first kappa shape index (κ1) is 15.4. The zero-order valence-electron chi connectivity index (χ0n) is 10.3. The SMILES string of the molecule is O=P(O)(O)Cc1ccccc1Nc1c(Cl)cccc1Cl. The van der Waals surface area contributed by atoms with Crippen LogP contribution in [0.25, 0.3) is 0 Å². The molecule has 0 aliphatic rings. The molecule has 0 aromatic heterocycles. The number of nitrogens with one attached hydrogen (secondary N) is 1. The second kappa shape index (κ2) is 6.17. The van der Waals surface area contributed by atoms with Crippen LogP contribution in [0.15, 0.2) is 42.5 Å². The Balaban J connectivity index is 2.37. The van der Waals surface area contributed by atoms with E-state index in [4.69, 9.17) is 33.0 Å². The standard InChI is InChI=1S/C13H12Cl2NO3P/c14-10-5-3-6-11(15)13(10)16-12-7-2-1-4-9(12)8-20(17,18)19/h1-7,16H,8H2,(H2,17,18,19). The molecule has 0 amide bonds. The molecule has 0 aliphatic carbocycles. The Morgan fingerprint density at radius 3 is 2.20 bits per heavy atom. The molecule has 4 nitrogen and oxygen atoms in total. The fourth-order valence-corrected chi connectivity index (χ4v) is 2.97. The molecule has 0 bridgehead atoms. The van der Waals surface area contributed by atoms with Crippen LogP contribution in [0.3, 0.4) is 0 Å². The second-order valence-corrected chi connectivity index (χ2v) is 6.66. The monoisotopic (exact) mass is 331 g/mol. The predicted molar refractivity (Wildman–Crippen MR) is 81.9 cm³/mol. The maximum absolute atomic E-state index is 11.2. The lowest BCUT2D eigenvalue weighted by molar-refractivity contribution is 0.372. The fraction of sp³-hybridized carbons (Fsp3) is 0.0769. The maximum Gasteiger partial charge on any atom is 0.329 e. The molecule has 2 aromatic carbocycles. The third-order valence-electron chi connectivity index (χ3n) is 2.62. The van der Waals surface area contributed by atoms with Gasteiger partial charge < -0.3 is 15.1 Å². The highest BCUT2D eigenvalue weighted by molar-refractivity contribution is 7.50. The van der Waals surface area contributed by atoms with Crippen molar-refractivity contribution in [2.75, 3.05) is 5.32 Å². The Kier molecular flexibility index (Phi) is 4.74. The first-order valence-corrected chi connectivity index (χ1v) is 8.26. The molecule has 0 atom stereocenters. The highest BCUT2D eigenvalue weighted by atomic mass is 35.5. The largest absolute Gasteiger partial charge is 0.353 e. The van der Waals surface area contributed by atoms with Gasteiger partial charge in [-0.2, -0.15) is 0 Å². The van der Waals surface area contributed by atoms with Crippen LogP contribution in [0.4, 0.5) is 11.4 Å². The summed E-state index contributed by atoms with van der Waals surface area (Å²) in [6.07, 6.45) is -0.349. The number of halogens is 2. The first-order chi connectivity index (χ1) is 9.37. The van der Waals surface area contributed by atoms with E-state index in [1.54, 1.807) is 42.5 Å². The molecule has 0 heterocycles. The molecule has 7 heteroatoms. The van der Waals surface area contributed by atoms with Gasteiger partial charge in [0.15, 0.2) is 0 Å². The van der Waals surface area contributed by atoms with Crippen molar-refractivity contribution in [3.8, 4) is 0 Å². The summed E-state index contributed by atoms with van der Waals surface area (Å²) < 4.78 is 11.2. The Morgan fingerprint density at radius 1 is 1.00 bits per heavy atom. The van der Waals surface area contributed by atoms with Crippen LogP contribution in [0.5, 0.6) is 0 Å². The van der Waals surface area contributed by atoms with Crippen molar-refractivity contribution >= 4 is 42.2 Å². The molecular weight excluding hydrogens is 320 g/mol. The van der Waals surface area contributed by atoms with Crippen molar-refractivity contribution in [3.63, 3.8) is 0 Å². The van der Waals surface area contributed by atoms with E-state index in [1.807, 2.05) is 0 Å². The zero-order valence-corrected chi connectivity index (χ0v) is 12.7. The molecule has 0 aliphatic heterocycles. The molecule has 2 rings (SSSR count). The summed E-state index contributed by atoms with van der Waals surface area (Å²) in [5.74, 6) is 0. The molecule has 2 aromatic rings. The van der Waals surface area contributed by atoms with Gasteiger partial charge in [0, 0.05) is 5.69 Å². The van der Waals surface area contributed by atoms with E-state index >= 15 is 0 Å². The van der Waals surface area contributed by atoms with Gasteiger partial charge in [-0.1, -0.05) is 47.5 Å². The van der Waals surface area contributed by atoms with Crippen molar-refractivity contribution in [2.45, 2.75) is 6.16 Å². The van der Waals surface area contributed by atoms with Crippen LogP contribution in [0, 0.1) is 0 Å². The van der Waals surface area contributed by atoms with E-state index in [0.717, 1.165) is 0 Å². The number of anilines is 2. The Labute approximate surface area is 126 Å². The van der Waals surface area contributed by atoms with Crippen LogP contribution in [0.1, 0.15) is 5.56 Å². The van der Waals surface area contributed by atoms with Gasteiger partial charge in [0.2, 0.25) is 0 Å². The van der Waals surface area contributed by atoms with Crippen LogP contribution in [0.2, 0.25) is 10.0 Å². The van der Waals surface area contributed by atoms with Gasteiger partial charge in [0.05, 0.1) is 21.9 Å². The second-order valence-electron chi connectivity index (χ2n) is 4.20. The highest BCUT2D eigenvalue weighted by Crippen LogP contribution is 2.42. The maximum atomic E-state index is 11.2. The number of hydrogen-bond donors (Lipinski definition) is 3. The van der Waals surface area contributed by atoms with E-state index in [-0.39, 0.29) is 6.16 Å². The average molecular weight is 332 g/mol. The van der Waals surface area contributed by atoms with Crippen molar-refractivity contribution < 1.29 is 14.4 Å². The van der Waals surface area contributed by atoms with Crippen molar-refractivity contribution in [2.24, 2.45) is 0 Å². The minimum Gasteiger partial charge on any atom is -0.353 e. The lowest BCUT2D eigenvalue weighted by atomic mass is 10.2. The van der Waals surface area contributed by atoms with Crippen molar-refractivity contribution in [1.29, 1.82) is 0 Å². The van der Waals surface area contributed by atoms with Gasteiger partial charge in [-0.3, -0.25) is 4.57 Å². The third kappa shape index (κ3) is 3.98. The summed E-state index contributed by atoms with van der Waals surface area (Å²) in [5, 5.41) is 3.89. The third-order valence-corrected chi connectivity index (χ3v) is 4.00. The molecule has 0 saturated carbocycles. The lowest BCUT2D eigenvalue weighted by Gasteiger charge is -2.14. The number of benzene rings is 2. The molecule has 20 heavy (non-hydrogen) atoms. The van der Waals surface area contributed by atoms with Crippen LogP contribution in [-0.2, 0) is 10.7 Å². The minimum absolute atomic E-state index is 0.349. The van der Waals surface area contributed by atoms with Gasteiger partial charge in [0.1, 0.15) is 0 Å². The van der Waals surface area contributed by atoms with E-state index in [0.29, 0.717) is 27.0 Å². The average Bonchev–Trinajstić information content (AvgIpc) is 2.34. The summed E-state index contributed by atoms with van der Waals surface area (Å²) in [6, 6.07) is 11.9. The summed E-state index contributed by atoms with van der Waals surface area (Å²) in [5.41, 5.74) is 1.57. The highest BCUT2D eigenvalue weighted by Gasteiger charge is 2.17. The van der Waals surface area contributed by atoms with Crippen molar-refractivity contribution in [3.05, 3.63) is 58.1 Å². The predicted octanol–water partition coefficient (Wildman–Crippen LogP) is 4.41. The number of hydrogen-bond acceptors (Lipinski definition) is 2. The number of rotatable bonds is 4. The molecule has 0 unspecified atom stereocenters. The summed E-state index contributed by atoms with van der Waals surface area (Å²) in [7, 11) is -4.15. The minimum atomic E-state index is -4.15. The zero-order chi connectivity index (χ0) is 14.8. The van der Waals surface area contributed by atoms with E-state index in [1.165, 1.54) is 0 Å². The van der Waals surface area contributed by atoms with Gasteiger partial charge in [-0.05, 0) is 23.8 Å². The van der Waals surface area contributed by atoms with Crippen LogP contribution < -0.4 is 5.32 Å². The van der Waals surface area contributed by atoms with Gasteiger partial charge in [-0.15, -0.1) is 0 Å². The Hall–Kier alpha value is -1.03. The smallest absolute Gasteiger partial charge is 0.329 e. The van der Waals surface area contributed by atoms with Crippen LogP contribution >= 0.6 is 30.8 Å². The van der Waals surface area contributed by atoms with Crippen LogP contribution in [-0.4, -0.2) is 9.79 Å². The summed E-state index contributed by atoms with van der Waals surface area (Å²) in [6.45, 7) is 0. The molecule has 0 saturated heterocycles. The van der Waals surface area contributed by atoms with Gasteiger partial charge >= 0.3 is 7.60 Å². The topological polar surface area (TPSA) is 69.6 Å². The fourth-order valence-electron chi connectivity index (χ4n) is 1.75. The molecule has 0 radical (unpaired) electrons. The van der Waals surface area contributed by atoms with E-state index in [2.05, 4.69) is 5.32 Å². The summed E-state index contributed by atoms with van der Waals surface area (Å²) >= 11 is 12.1. The van der Waals surface area contributed by atoms with Gasteiger partial charge in [-0.25, -0.2) is 0 Å². The quantitative estimate of drug-likeness (QED) is 0.725. The number of para-hydroxylation sites is 2.